The zero-order chi connectivity index (χ0) is 18.6. The van der Waals surface area contributed by atoms with Gasteiger partial charge in [-0.1, -0.05) is 29.3 Å². The van der Waals surface area contributed by atoms with E-state index in [1.807, 2.05) is 13.0 Å². The Hall–Kier alpha value is -1.21. The van der Waals surface area contributed by atoms with Crippen LogP contribution in [0.5, 0.6) is 5.75 Å². The summed E-state index contributed by atoms with van der Waals surface area (Å²) >= 11 is 12.1. The van der Waals surface area contributed by atoms with E-state index >= 15 is 0 Å². The molecule has 0 atom stereocenters. The lowest BCUT2D eigenvalue weighted by Crippen LogP contribution is -2.40. The minimum absolute atomic E-state index is 0.442. The van der Waals surface area contributed by atoms with Crippen LogP contribution >= 0.6 is 23.2 Å². The molecule has 1 saturated heterocycles. The number of nitrogens with one attached hydrogen (secondary N) is 2. The monoisotopic (exact) mass is 402 g/mol. The SMILES string of the molecule is CCNC(=NCCCN1CCOCC1)NCCOc1cccc(Cl)c1Cl. The fourth-order valence-corrected chi connectivity index (χ4v) is 2.92. The van der Waals surface area contributed by atoms with E-state index < -0.39 is 0 Å². The van der Waals surface area contributed by atoms with Gasteiger partial charge in [-0.05, 0) is 25.5 Å². The molecule has 2 rings (SSSR count). The summed E-state index contributed by atoms with van der Waals surface area (Å²) in [6.45, 7) is 9.52. The van der Waals surface area contributed by atoms with Gasteiger partial charge in [-0.3, -0.25) is 9.89 Å². The summed E-state index contributed by atoms with van der Waals surface area (Å²) in [7, 11) is 0. The van der Waals surface area contributed by atoms with Gasteiger partial charge in [-0.25, -0.2) is 0 Å². The van der Waals surface area contributed by atoms with E-state index in [-0.39, 0.29) is 0 Å². The maximum Gasteiger partial charge on any atom is 0.191 e. The molecule has 0 aliphatic carbocycles. The number of ether oxygens (including phenoxy) is 2. The first kappa shape index (κ1) is 21.1. The van der Waals surface area contributed by atoms with E-state index in [9.17, 15) is 0 Å². The Labute approximate surface area is 165 Å². The van der Waals surface area contributed by atoms with Crippen molar-refractivity contribution < 1.29 is 9.47 Å². The van der Waals surface area contributed by atoms with Gasteiger partial charge in [-0.15, -0.1) is 0 Å². The molecule has 0 spiro atoms. The largest absolute Gasteiger partial charge is 0.490 e. The third kappa shape index (κ3) is 7.58. The van der Waals surface area contributed by atoms with Crippen LogP contribution in [0.4, 0.5) is 0 Å². The second kappa shape index (κ2) is 12.2. The molecule has 0 radical (unpaired) electrons. The molecule has 1 aliphatic rings. The lowest BCUT2D eigenvalue weighted by Gasteiger charge is -2.26. The summed E-state index contributed by atoms with van der Waals surface area (Å²) in [5, 5.41) is 7.45. The molecule has 1 aromatic rings. The van der Waals surface area contributed by atoms with Crippen LogP contribution in [-0.2, 0) is 4.74 Å². The Balaban J connectivity index is 1.67. The molecule has 146 valence electrons. The summed E-state index contributed by atoms with van der Waals surface area (Å²) in [6, 6.07) is 5.36. The van der Waals surface area contributed by atoms with E-state index in [1.165, 1.54) is 0 Å². The van der Waals surface area contributed by atoms with E-state index in [4.69, 9.17) is 32.7 Å². The highest BCUT2D eigenvalue weighted by molar-refractivity contribution is 6.42. The third-order valence-corrected chi connectivity index (χ3v) is 4.72. The fourth-order valence-electron chi connectivity index (χ4n) is 2.58. The van der Waals surface area contributed by atoms with Crippen molar-refractivity contribution in [3.05, 3.63) is 28.2 Å². The normalized spacial score (nSPS) is 15.7. The summed E-state index contributed by atoms with van der Waals surface area (Å²) in [6.07, 6.45) is 1.03. The molecule has 1 heterocycles. The molecule has 6 nitrogen and oxygen atoms in total. The smallest absolute Gasteiger partial charge is 0.191 e. The van der Waals surface area contributed by atoms with Gasteiger partial charge in [0.25, 0.3) is 0 Å². The van der Waals surface area contributed by atoms with Crippen molar-refractivity contribution in [3.8, 4) is 5.75 Å². The quantitative estimate of drug-likeness (QED) is 0.377. The van der Waals surface area contributed by atoms with Crippen LogP contribution < -0.4 is 15.4 Å². The molecule has 1 aromatic carbocycles. The van der Waals surface area contributed by atoms with Crippen molar-refractivity contribution >= 4 is 29.2 Å². The molecule has 0 aromatic heterocycles. The minimum Gasteiger partial charge on any atom is -0.490 e. The highest BCUT2D eigenvalue weighted by Gasteiger charge is 2.09. The van der Waals surface area contributed by atoms with Crippen molar-refractivity contribution in [1.82, 2.24) is 15.5 Å². The highest BCUT2D eigenvalue weighted by atomic mass is 35.5. The van der Waals surface area contributed by atoms with Crippen LogP contribution in [0.1, 0.15) is 13.3 Å². The second-order valence-corrected chi connectivity index (χ2v) is 6.68. The predicted molar refractivity (Wildman–Crippen MR) is 108 cm³/mol. The maximum atomic E-state index is 6.11. The van der Waals surface area contributed by atoms with Crippen LogP contribution in [0.15, 0.2) is 23.2 Å². The lowest BCUT2D eigenvalue weighted by atomic mass is 10.3. The average Bonchev–Trinajstić information content (AvgIpc) is 2.66. The molecule has 26 heavy (non-hydrogen) atoms. The van der Waals surface area contributed by atoms with Crippen molar-refractivity contribution in [2.75, 3.05) is 59.1 Å². The predicted octanol–water partition coefficient (Wildman–Crippen LogP) is 2.65. The number of aliphatic imine (C=N–C) groups is 1. The van der Waals surface area contributed by atoms with E-state index in [1.54, 1.807) is 12.1 Å². The number of morpholine rings is 1. The number of benzene rings is 1. The molecule has 0 bridgehead atoms. The van der Waals surface area contributed by atoms with Gasteiger partial charge in [0.15, 0.2) is 5.96 Å². The van der Waals surface area contributed by atoms with Crippen LogP contribution in [0.25, 0.3) is 0 Å². The Morgan fingerprint density at radius 3 is 2.85 bits per heavy atom. The molecule has 1 aliphatic heterocycles. The summed E-state index contributed by atoms with van der Waals surface area (Å²) in [5.41, 5.74) is 0. The Kier molecular flexibility index (Phi) is 9.92. The molecule has 8 heteroatoms. The standard InChI is InChI=1S/C18H28Cl2N4O2/c1-2-21-18(22-7-4-9-24-10-13-25-14-11-24)23-8-12-26-16-6-3-5-15(19)17(16)20/h3,5-6H,2,4,7-14H2,1H3,(H2,21,22,23). The van der Waals surface area contributed by atoms with Crippen molar-refractivity contribution in [3.63, 3.8) is 0 Å². The van der Waals surface area contributed by atoms with Crippen LogP contribution in [-0.4, -0.2) is 69.9 Å². The maximum absolute atomic E-state index is 6.11. The number of guanidine groups is 1. The van der Waals surface area contributed by atoms with Crippen LogP contribution in [0.3, 0.4) is 0 Å². The third-order valence-electron chi connectivity index (χ3n) is 3.92. The number of hydrogen-bond donors (Lipinski definition) is 2. The molecule has 1 fully saturated rings. The van der Waals surface area contributed by atoms with Crippen molar-refractivity contribution in [1.29, 1.82) is 0 Å². The van der Waals surface area contributed by atoms with Gasteiger partial charge in [0.2, 0.25) is 0 Å². The van der Waals surface area contributed by atoms with Crippen LogP contribution in [0, 0.1) is 0 Å². The van der Waals surface area contributed by atoms with E-state index in [2.05, 4.69) is 20.5 Å². The first-order chi connectivity index (χ1) is 12.7. The van der Waals surface area contributed by atoms with Crippen LogP contribution in [0.2, 0.25) is 10.0 Å². The van der Waals surface area contributed by atoms with Gasteiger partial charge in [0.1, 0.15) is 17.4 Å². The number of rotatable bonds is 9. The van der Waals surface area contributed by atoms with Crippen molar-refractivity contribution in [2.45, 2.75) is 13.3 Å². The summed E-state index contributed by atoms with van der Waals surface area (Å²) in [5.74, 6) is 1.39. The highest BCUT2D eigenvalue weighted by Crippen LogP contribution is 2.31. The summed E-state index contributed by atoms with van der Waals surface area (Å²) in [4.78, 5) is 7.03. The van der Waals surface area contributed by atoms with Gasteiger partial charge in [0, 0.05) is 32.7 Å². The van der Waals surface area contributed by atoms with Gasteiger partial charge in [0.05, 0.1) is 24.8 Å². The topological polar surface area (TPSA) is 58.1 Å². The zero-order valence-corrected chi connectivity index (χ0v) is 16.8. The minimum atomic E-state index is 0.442. The van der Waals surface area contributed by atoms with E-state index in [0.717, 1.165) is 58.3 Å². The molecule has 0 amide bonds. The Morgan fingerprint density at radius 1 is 1.27 bits per heavy atom. The first-order valence-corrected chi connectivity index (χ1v) is 9.85. The van der Waals surface area contributed by atoms with Gasteiger partial charge >= 0.3 is 0 Å². The van der Waals surface area contributed by atoms with Gasteiger partial charge < -0.3 is 20.1 Å². The molecule has 2 N–H and O–H groups in total. The first-order valence-electron chi connectivity index (χ1n) is 9.09. The number of hydrogen-bond acceptors (Lipinski definition) is 4. The average molecular weight is 403 g/mol. The van der Waals surface area contributed by atoms with Gasteiger partial charge in [-0.2, -0.15) is 0 Å². The molecular formula is C18H28Cl2N4O2. The fraction of sp³-hybridized carbons (Fsp3) is 0.611. The molecule has 0 saturated carbocycles. The molecule has 0 unspecified atom stereocenters. The van der Waals surface area contributed by atoms with Crippen molar-refractivity contribution in [2.24, 2.45) is 4.99 Å². The molecular weight excluding hydrogens is 375 g/mol. The zero-order valence-electron chi connectivity index (χ0n) is 15.3. The number of halogens is 2. The Bertz CT molecular complexity index is 566. The van der Waals surface area contributed by atoms with E-state index in [0.29, 0.717) is 28.9 Å². The summed E-state index contributed by atoms with van der Waals surface area (Å²) < 4.78 is 11.0. The number of nitrogens with zero attached hydrogens (tertiary/aromatic N) is 2. The lowest BCUT2D eigenvalue weighted by molar-refractivity contribution is 0.0377. The second-order valence-electron chi connectivity index (χ2n) is 5.90. The Morgan fingerprint density at radius 2 is 2.08 bits per heavy atom.